The first kappa shape index (κ1) is 24.8. The van der Waals surface area contributed by atoms with Crippen LogP contribution in [0.5, 0.6) is 5.75 Å². The van der Waals surface area contributed by atoms with Gasteiger partial charge < -0.3 is 9.64 Å². The number of ether oxygens (including phenoxy) is 1. The highest BCUT2D eigenvalue weighted by molar-refractivity contribution is 7.10. The van der Waals surface area contributed by atoms with E-state index in [0.717, 1.165) is 24.8 Å². The predicted molar refractivity (Wildman–Crippen MR) is 125 cm³/mol. The van der Waals surface area contributed by atoms with Crippen molar-refractivity contribution < 1.29 is 4.74 Å². The van der Waals surface area contributed by atoms with E-state index in [2.05, 4.69) is 41.2 Å². The molecule has 2 heterocycles. The van der Waals surface area contributed by atoms with E-state index in [0.29, 0.717) is 0 Å². The summed E-state index contributed by atoms with van der Waals surface area (Å²) in [5.74, 6) is 1.76. The molecule has 2 aromatic rings. The van der Waals surface area contributed by atoms with Crippen LogP contribution in [0.25, 0.3) is 0 Å². The summed E-state index contributed by atoms with van der Waals surface area (Å²) in [5.41, 5.74) is 1.19. The predicted octanol–water partition coefficient (Wildman–Crippen LogP) is 7.36. The maximum absolute atomic E-state index is 5.51. The quantitative estimate of drug-likeness (QED) is 0.296. The summed E-state index contributed by atoms with van der Waals surface area (Å²) in [6.07, 6.45) is 14.7. The van der Waals surface area contributed by atoms with Gasteiger partial charge in [0.05, 0.1) is 30.4 Å². The van der Waals surface area contributed by atoms with Crippen LogP contribution in [0.1, 0.15) is 70.1 Å². The van der Waals surface area contributed by atoms with Gasteiger partial charge in [-0.25, -0.2) is 0 Å². The molecule has 0 aliphatic carbocycles. The molecule has 0 saturated carbocycles. The normalized spacial score (nSPS) is 11.7. The third kappa shape index (κ3) is 8.83. The lowest BCUT2D eigenvalue weighted by Gasteiger charge is -2.26. The first-order valence-electron chi connectivity index (χ1n) is 10.5. The Balaban J connectivity index is 0.00000392. The van der Waals surface area contributed by atoms with Crippen molar-refractivity contribution in [3.63, 3.8) is 0 Å². The van der Waals surface area contributed by atoms with Crippen LogP contribution >= 0.6 is 23.7 Å². The number of halogens is 1. The smallest absolute Gasteiger partial charge is 0.134 e. The fraction of sp³-hybridized carbons (Fsp3) is 0.609. The number of nitrogens with zero attached hydrogens (tertiary/aromatic N) is 2. The second-order valence-corrected chi connectivity index (χ2v) is 8.50. The number of thiophene rings is 1. The Labute approximate surface area is 181 Å². The van der Waals surface area contributed by atoms with E-state index in [-0.39, 0.29) is 12.4 Å². The van der Waals surface area contributed by atoms with Crippen LogP contribution in [-0.2, 0) is 6.54 Å². The molecule has 1 unspecified atom stereocenters. The van der Waals surface area contributed by atoms with Crippen LogP contribution in [0.2, 0.25) is 0 Å². The summed E-state index contributed by atoms with van der Waals surface area (Å²) < 4.78 is 5.51. The molecule has 158 valence electrons. The molecular formula is C23H37ClN2OS. The van der Waals surface area contributed by atoms with Gasteiger partial charge in [-0.1, -0.05) is 58.8 Å². The van der Waals surface area contributed by atoms with Crippen molar-refractivity contribution in [1.82, 2.24) is 4.98 Å². The Hall–Kier alpha value is -1.26. The first-order valence-corrected chi connectivity index (χ1v) is 11.4. The van der Waals surface area contributed by atoms with Gasteiger partial charge in [-0.3, -0.25) is 4.98 Å². The fourth-order valence-corrected chi connectivity index (χ4v) is 4.29. The molecule has 0 aromatic carbocycles. The second kappa shape index (κ2) is 14.7. The van der Waals surface area contributed by atoms with Gasteiger partial charge in [-0.05, 0) is 35.9 Å². The van der Waals surface area contributed by atoms with Crippen molar-refractivity contribution >= 4 is 29.4 Å². The maximum Gasteiger partial charge on any atom is 0.134 e. The molecule has 28 heavy (non-hydrogen) atoms. The third-order valence-corrected chi connectivity index (χ3v) is 6.10. The van der Waals surface area contributed by atoms with Gasteiger partial charge in [0.2, 0.25) is 0 Å². The number of pyridine rings is 1. The lowest BCUT2D eigenvalue weighted by molar-refractivity contribution is 0.411. The Morgan fingerprint density at radius 1 is 1.11 bits per heavy atom. The highest BCUT2D eigenvalue weighted by Crippen LogP contribution is 2.28. The Kier molecular flexibility index (Phi) is 13.0. The molecule has 1 atom stereocenters. The molecule has 0 radical (unpaired) electrons. The zero-order valence-electron chi connectivity index (χ0n) is 17.7. The summed E-state index contributed by atoms with van der Waals surface area (Å²) in [4.78, 5) is 8.05. The van der Waals surface area contributed by atoms with Crippen LogP contribution in [0, 0.1) is 5.92 Å². The van der Waals surface area contributed by atoms with Crippen molar-refractivity contribution in [3.05, 3.63) is 40.8 Å². The van der Waals surface area contributed by atoms with Crippen molar-refractivity contribution in [2.24, 2.45) is 5.92 Å². The average Bonchev–Trinajstić information content (AvgIpc) is 3.15. The SMILES string of the molecule is CCCCCCCCC(C)CCN(Cc1sccc1OC)c1cccnc1.Cl. The van der Waals surface area contributed by atoms with Gasteiger partial charge >= 0.3 is 0 Å². The van der Waals surface area contributed by atoms with Crippen LogP contribution in [0.15, 0.2) is 36.0 Å². The summed E-state index contributed by atoms with van der Waals surface area (Å²) >= 11 is 1.77. The summed E-state index contributed by atoms with van der Waals surface area (Å²) in [5, 5.41) is 2.11. The largest absolute Gasteiger partial charge is 0.496 e. The molecule has 0 amide bonds. The van der Waals surface area contributed by atoms with E-state index in [4.69, 9.17) is 4.74 Å². The van der Waals surface area contributed by atoms with Crippen LogP contribution in [0.3, 0.4) is 0 Å². The van der Waals surface area contributed by atoms with Crippen LogP contribution in [-0.4, -0.2) is 18.6 Å². The van der Waals surface area contributed by atoms with Crippen molar-refractivity contribution in [2.75, 3.05) is 18.6 Å². The van der Waals surface area contributed by atoms with Gasteiger partial charge in [0.1, 0.15) is 5.75 Å². The standard InChI is InChI=1S/C23H36N2OS.ClH/c1-4-5-6-7-8-9-11-20(2)13-16-25(21-12-10-15-24-18-21)19-23-22(26-3)14-17-27-23;/h10,12,14-15,17-18,20H,4-9,11,13,16,19H2,1-3H3;1H. The number of aromatic nitrogens is 1. The molecule has 3 nitrogen and oxygen atoms in total. The van der Waals surface area contributed by atoms with Crippen LogP contribution in [0.4, 0.5) is 5.69 Å². The number of hydrogen-bond donors (Lipinski definition) is 0. The summed E-state index contributed by atoms with van der Waals surface area (Å²) in [6, 6.07) is 6.24. The number of hydrogen-bond acceptors (Lipinski definition) is 4. The molecule has 0 aliphatic heterocycles. The molecule has 5 heteroatoms. The zero-order valence-corrected chi connectivity index (χ0v) is 19.4. The van der Waals surface area contributed by atoms with E-state index < -0.39 is 0 Å². The van der Waals surface area contributed by atoms with Gasteiger partial charge in [0.15, 0.2) is 0 Å². The van der Waals surface area contributed by atoms with Gasteiger partial charge in [-0.15, -0.1) is 23.7 Å². The molecule has 0 fully saturated rings. The van der Waals surface area contributed by atoms with E-state index in [1.807, 2.05) is 18.5 Å². The summed E-state index contributed by atoms with van der Waals surface area (Å²) in [7, 11) is 1.75. The monoisotopic (exact) mass is 424 g/mol. The Bertz CT molecular complexity index is 620. The van der Waals surface area contributed by atoms with E-state index in [1.54, 1.807) is 18.4 Å². The molecule has 0 spiro atoms. The van der Waals surface area contributed by atoms with Crippen molar-refractivity contribution in [2.45, 2.75) is 71.8 Å². The minimum atomic E-state index is 0. The molecule has 0 saturated heterocycles. The number of anilines is 1. The highest BCUT2D eigenvalue weighted by Gasteiger charge is 2.14. The lowest BCUT2D eigenvalue weighted by atomic mass is 9.98. The van der Waals surface area contributed by atoms with Gasteiger partial charge in [0, 0.05) is 12.7 Å². The van der Waals surface area contributed by atoms with E-state index in [1.165, 1.54) is 61.9 Å². The zero-order chi connectivity index (χ0) is 19.3. The Morgan fingerprint density at radius 2 is 1.89 bits per heavy atom. The Morgan fingerprint density at radius 3 is 2.61 bits per heavy atom. The van der Waals surface area contributed by atoms with Gasteiger partial charge in [-0.2, -0.15) is 0 Å². The molecule has 0 aliphatic rings. The maximum atomic E-state index is 5.51. The van der Waals surface area contributed by atoms with Crippen molar-refractivity contribution in [3.8, 4) is 5.75 Å². The topological polar surface area (TPSA) is 25.4 Å². The average molecular weight is 425 g/mol. The van der Waals surface area contributed by atoms with E-state index >= 15 is 0 Å². The summed E-state index contributed by atoms with van der Waals surface area (Å²) in [6.45, 7) is 6.63. The van der Waals surface area contributed by atoms with Gasteiger partial charge in [0.25, 0.3) is 0 Å². The number of rotatable bonds is 14. The molecule has 2 aromatic heterocycles. The number of unbranched alkanes of at least 4 members (excludes halogenated alkanes) is 5. The minimum Gasteiger partial charge on any atom is -0.496 e. The minimum absolute atomic E-state index is 0. The molecule has 2 rings (SSSR count). The third-order valence-electron chi connectivity index (χ3n) is 5.21. The molecule has 0 N–H and O–H groups in total. The molecular weight excluding hydrogens is 388 g/mol. The molecule has 0 bridgehead atoms. The first-order chi connectivity index (χ1) is 13.2. The number of methoxy groups -OCH3 is 1. The fourth-order valence-electron chi connectivity index (χ4n) is 3.43. The van der Waals surface area contributed by atoms with Crippen molar-refractivity contribution in [1.29, 1.82) is 0 Å². The van der Waals surface area contributed by atoms with E-state index in [9.17, 15) is 0 Å². The highest BCUT2D eigenvalue weighted by atomic mass is 35.5. The lowest BCUT2D eigenvalue weighted by Crippen LogP contribution is -2.25. The second-order valence-electron chi connectivity index (χ2n) is 7.50. The van der Waals surface area contributed by atoms with Crippen LogP contribution < -0.4 is 9.64 Å².